The molecule has 0 unspecified atom stereocenters. The van der Waals surface area contributed by atoms with Gasteiger partial charge in [0.2, 0.25) is 0 Å². The van der Waals surface area contributed by atoms with E-state index in [2.05, 4.69) is 36.4 Å². The van der Waals surface area contributed by atoms with Crippen LogP contribution in [-0.4, -0.2) is 17.3 Å². The Morgan fingerprint density at radius 3 is 2.38 bits per heavy atom. The predicted molar refractivity (Wildman–Crippen MR) is 98.7 cm³/mol. The van der Waals surface area contributed by atoms with E-state index in [9.17, 15) is 5.11 Å². The minimum Gasteiger partial charge on any atom is -0.490 e. The molecule has 2 aliphatic rings. The molecular formula is C22H28O2. The highest BCUT2D eigenvalue weighted by Gasteiger charge is 2.29. The molecule has 1 N–H and O–H groups in total. The third-order valence-electron chi connectivity index (χ3n) is 5.88. The first-order chi connectivity index (χ1) is 11.8. The maximum atomic E-state index is 10.7. The molecule has 0 radical (unpaired) electrons. The van der Waals surface area contributed by atoms with Crippen LogP contribution in [0, 0.1) is 0 Å². The van der Waals surface area contributed by atoms with Crippen molar-refractivity contribution in [3.63, 3.8) is 0 Å². The molecule has 4 rings (SSSR count). The van der Waals surface area contributed by atoms with Crippen LogP contribution < -0.4 is 4.74 Å². The summed E-state index contributed by atoms with van der Waals surface area (Å²) in [6.07, 6.45) is 10.7. The molecule has 128 valence electrons. The van der Waals surface area contributed by atoms with E-state index in [0.29, 0.717) is 6.10 Å². The first-order valence-corrected chi connectivity index (χ1v) is 9.69. The van der Waals surface area contributed by atoms with Gasteiger partial charge < -0.3 is 9.84 Å². The first kappa shape index (κ1) is 16.0. The van der Waals surface area contributed by atoms with Crippen molar-refractivity contribution in [2.75, 3.05) is 0 Å². The van der Waals surface area contributed by atoms with Gasteiger partial charge in [0.15, 0.2) is 0 Å². The number of benzene rings is 2. The summed E-state index contributed by atoms with van der Waals surface area (Å²) in [6, 6.07) is 12.9. The first-order valence-electron chi connectivity index (χ1n) is 9.69. The zero-order valence-electron chi connectivity index (χ0n) is 14.4. The van der Waals surface area contributed by atoms with E-state index in [1.54, 1.807) is 0 Å². The van der Waals surface area contributed by atoms with E-state index in [0.717, 1.165) is 25.0 Å². The Bertz CT molecular complexity index is 687. The highest BCUT2D eigenvalue weighted by atomic mass is 16.5. The summed E-state index contributed by atoms with van der Waals surface area (Å²) in [7, 11) is 0. The normalized spacial score (nSPS) is 25.7. The third-order valence-corrected chi connectivity index (χ3v) is 5.88. The Hall–Kier alpha value is -1.54. The van der Waals surface area contributed by atoms with Crippen molar-refractivity contribution < 1.29 is 9.84 Å². The molecule has 0 aromatic heterocycles. The molecule has 0 spiro atoms. The summed E-state index contributed by atoms with van der Waals surface area (Å²) in [4.78, 5) is 0. The highest BCUT2D eigenvalue weighted by molar-refractivity contribution is 5.88. The van der Waals surface area contributed by atoms with Crippen molar-refractivity contribution in [2.24, 2.45) is 0 Å². The van der Waals surface area contributed by atoms with Crippen molar-refractivity contribution in [2.45, 2.75) is 75.9 Å². The maximum absolute atomic E-state index is 10.7. The number of rotatable bonds is 3. The lowest BCUT2D eigenvalue weighted by Crippen LogP contribution is -2.25. The fraction of sp³-hybridized carbons (Fsp3) is 0.545. The molecule has 2 nitrogen and oxygen atoms in total. The SMILES string of the molecule is O[C@H]1CCCC[C@H]1c1c(OC2CCCCC2)ccc2ccccc12. The number of hydrogen-bond donors (Lipinski definition) is 1. The molecule has 2 fully saturated rings. The molecule has 2 heteroatoms. The molecule has 2 aromatic rings. The number of ether oxygens (including phenoxy) is 1. The Labute approximate surface area is 144 Å². The van der Waals surface area contributed by atoms with Gasteiger partial charge in [-0.05, 0) is 55.4 Å². The summed E-state index contributed by atoms with van der Waals surface area (Å²) in [5.74, 6) is 1.23. The van der Waals surface area contributed by atoms with Crippen LogP contribution in [0.4, 0.5) is 0 Å². The second-order valence-electron chi connectivity index (χ2n) is 7.53. The van der Waals surface area contributed by atoms with Crippen LogP contribution in [0.1, 0.15) is 69.3 Å². The van der Waals surface area contributed by atoms with Crippen LogP contribution in [0.3, 0.4) is 0 Å². The summed E-state index contributed by atoms with van der Waals surface area (Å²) in [6.45, 7) is 0. The van der Waals surface area contributed by atoms with Gasteiger partial charge >= 0.3 is 0 Å². The van der Waals surface area contributed by atoms with Gasteiger partial charge in [-0.15, -0.1) is 0 Å². The van der Waals surface area contributed by atoms with Crippen molar-refractivity contribution >= 4 is 10.8 Å². The van der Waals surface area contributed by atoms with Crippen LogP contribution in [0.2, 0.25) is 0 Å². The van der Waals surface area contributed by atoms with Crippen molar-refractivity contribution in [3.8, 4) is 5.75 Å². The maximum Gasteiger partial charge on any atom is 0.123 e. The summed E-state index contributed by atoms with van der Waals surface area (Å²) < 4.78 is 6.48. The van der Waals surface area contributed by atoms with Gasteiger partial charge in [-0.3, -0.25) is 0 Å². The van der Waals surface area contributed by atoms with Crippen molar-refractivity contribution in [3.05, 3.63) is 42.0 Å². The quantitative estimate of drug-likeness (QED) is 0.800. The molecule has 0 saturated heterocycles. The number of aliphatic hydroxyl groups excluding tert-OH is 1. The Kier molecular flexibility index (Phi) is 4.75. The van der Waals surface area contributed by atoms with Gasteiger partial charge in [0.05, 0.1) is 12.2 Å². The van der Waals surface area contributed by atoms with Crippen LogP contribution in [0.15, 0.2) is 36.4 Å². The van der Waals surface area contributed by atoms with E-state index >= 15 is 0 Å². The van der Waals surface area contributed by atoms with Crippen LogP contribution in [-0.2, 0) is 0 Å². The summed E-state index contributed by atoms with van der Waals surface area (Å²) in [5.41, 5.74) is 1.26. The van der Waals surface area contributed by atoms with E-state index < -0.39 is 0 Å². The fourth-order valence-corrected chi connectivity index (χ4v) is 4.57. The molecule has 0 bridgehead atoms. The summed E-state index contributed by atoms with van der Waals surface area (Å²) in [5, 5.41) is 13.2. The zero-order valence-corrected chi connectivity index (χ0v) is 14.4. The molecule has 2 saturated carbocycles. The number of hydrogen-bond acceptors (Lipinski definition) is 2. The monoisotopic (exact) mass is 324 g/mol. The molecule has 0 amide bonds. The smallest absolute Gasteiger partial charge is 0.123 e. The summed E-state index contributed by atoms with van der Waals surface area (Å²) >= 11 is 0. The van der Waals surface area contributed by atoms with Crippen molar-refractivity contribution in [1.29, 1.82) is 0 Å². The Morgan fingerprint density at radius 1 is 0.792 bits per heavy atom. The van der Waals surface area contributed by atoms with Gasteiger partial charge in [-0.25, -0.2) is 0 Å². The lowest BCUT2D eigenvalue weighted by atomic mass is 9.79. The van der Waals surface area contributed by atoms with Crippen LogP contribution >= 0.6 is 0 Å². The van der Waals surface area contributed by atoms with Gasteiger partial charge in [-0.2, -0.15) is 0 Å². The minimum absolute atomic E-state index is 0.212. The minimum atomic E-state index is -0.238. The largest absolute Gasteiger partial charge is 0.490 e. The van der Waals surface area contributed by atoms with E-state index in [4.69, 9.17) is 4.74 Å². The van der Waals surface area contributed by atoms with E-state index in [1.807, 2.05) is 0 Å². The molecule has 2 atom stereocenters. The molecule has 24 heavy (non-hydrogen) atoms. The Balaban J connectivity index is 1.75. The topological polar surface area (TPSA) is 29.5 Å². The number of aliphatic hydroxyl groups is 1. The highest BCUT2D eigenvalue weighted by Crippen LogP contribution is 2.42. The van der Waals surface area contributed by atoms with Gasteiger partial charge in [0, 0.05) is 11.5 Å². The average Bonchev–Trinajstić information content (AvgIpc) is 2.63. The van der Waals surface area contributed by atoms with Gasteiger partial charge in [0.1, 0.15) is 5.75 Å². The van der Waals surface area contributed by atoms with E-state index in [-0.39, 0.29) is 12.0 Å². The molecule has 2 aliphatic carbocycles. The van der Waals surface area contributed by atoms with Crippen LogP contribution in [0.25, 0.3) is 10.8 Å². The standard InChI is InChI=1S/C22H28O2/c23-20-13-7-6-12-19(20)22-18-11-5-4-8-16(18)14-15-21(22)24-17-9-2-1-3-10-17/h4-5,8,11,14-15,17,19-20,23H,1-3,6-7,9-10,12-13H2/t19-,20+/m1/s1. The molecular weight excluding hydrogens is 296 g/mol. The van der Waals surface area contributed by atoms with E-state index in [1.165, 1.54) is 54.9 Å². The predicted octanol–water partition coefficient (Wildman–Crippen LogP) is 5.57. The molecule has 0 aliphatic heterocycles. The number of fused-ring (bicyclic) bond motifs is 1. The van der Waals surface area contributed by atoms with Crippen LogP contribution in [0.5, 0.6) is 5.75 Å². The second-order valence-corrected chi connectivity index (χ2v) is 7.53. The molecule has 0 heterocycles. The zero-order chi connectivity index (χ0) is 16.4. The van der Waals surface area contributed by atoms with Gasteiger partial charge in [0.25, 0.3) is 0 Å². The average molecular weight is 324 g/mol. The lowest BCUT2D eigenvalue weighted by Gasteiger charge is -2.32. The molecule has 2 aromatic carbocycles. The Morgan fingerprint density at radius 2 is 1.54 bits per heavy atom. The lowest BCUT2D eigenvalue weighted by molar-refractivity contribution is 0.101. The van der Waals surface area contributed by atoms with Crippen molar-refractivity contribution in [1.82, 2.24) is 0 Å². The fourth-order valence-electron chi connectivity index (χ4n) is 4.57. The van der Waals surface area contributed by atoms with Gasteiger partial charge in [-0.1, -0.05) is 49.6 Å². The second kappa shape index (κ2) is 7.14. The third kappa shape index (κ3) is 3.17.